The molecule has 5 rings (SSSR count). The zero-order valence-electron chi connectivity index (χ0n) is 20.1. The number of fused-ring (bicyclic) bond motifs is 1. The molecule has 0 aliphatic heterocycles. The van der Waals surface area contributed by atoms with E-state index in [-0.39, 0.29) is 26.5 Å². The van der Waals surface area contributed by atoms with Crippen LogP contribution in [0.5, 0.6) is 0 Å². The minimum atomic E-state index is -0.977. The van der Waals surface area contributed by atoms with Crippen LogP contribution in [0, 0.1) is 16.7 Å². The summed E-state index contributed by atoms with van der Waals surface area (Å²) in [6.45, 7) is 0. The first-order valence-corrected chi connectivity index (χ1v) is 13.8. The molecular weight excluding hydrogens is 519 g/mol. The molecule has 0 aromatic heterocycles. The van der Waals surface area contributed by atoms with Crippen LogP contribution in [0.4, 0.5) is 0 Å². The SMILES string of the molecule is O=C(c1ccccc1)C(C(=O)c1ccccc1)C(C#C[Se]c1ccccc1)c1cccc2ccccc12. The molecule has 5 aromatic carbocycles. The van der Waals surface area contributed by atoms with E-state index in [1.54, 1.807) is 24.3 Å². The summed E-state index contributed by atoms with van der Waals surface area (Å²) in [5.41, 5.74) is 1.92. The maximum absolute atomic E-state index is 14.1. The Labute approximate surface area is 223 Å². The summed E-state index contributed by atoms with van der Waals surface area (Å²) in [5, 5.41) is 2.06. The van der Waals surface area contributed by atoms with Crippen molar-refractivity contribution < 1.29 is 9.59 Å². The average Bonchev–Trinajstić information content (AvgIpc) is 2.97. The average molecular weight is 544 g/mol. The molecule has 2 nitrogen and oxygen atoms in total. The Balaban J connectivity index is 1.68. The molecule has 0 N–H and O–H groups in total. The van der Waals surface area contributed by atoms with Crippen LogP contribution in [0.15, 0.2) is 133 Å². The van der Waals surface area contributed by atoms with Crippen molar-refractivity contribution in [3.63, 3.8) is 0 Å². The van der Waals surface area contributed by atoms with Gasteiger partial charge in [0.25, 0.3) is 0 Å². The van der Waals surface area contributed by atoms with Gasteiger partial charge in [-0.05, 0) is 0 Å². The van der Waals surface area contributed by atoms with E-state index in [0.717, 1.165) is 20.8 Å². The Bertz CT molecular complexity index is 1530. The first-order chi connectivity index (χ1) is 18.2. The molecule has 0 bridgehead atoms. The van der Waals surface area contributed by atoms with Crippen molar-refractivity contribution >= 4 is 41.8 Å². The number of carbonyl (C=O) groups is 2. The fourth-order valence-corrected chi connectivity index (χ4v) is 5.74. The summed E-state index contributed by atoms with van der Waals surface area (Å²) in [5.74, 6) is 1.41. The van der Waals surface area contributed by atoms with Crippen LogP contribution in [-0.4, -0.2) is 26.5 Å². The third-order valence-electron chi connectivity index (χ3n) is 6.30. The van der Waals surface area contributed by atoms with Gasteiger partial charge in [-0.3, -0.25) is 0 Å². The normalized spacial score (nSPS) is 11.5. The van der Waals surface area contributed by atoms with Gasteiger partial charge in [-0.1, -0.05) is 0 Å². The molecule has 3 heteroatoms. The Morgan fingerprint density at radius 1 is 0.568 bits per heavy atom. The van der Waals surface area contributed by atoms with Crippen molar-refractivity contribution in [1.29, 1.82) is 0 Å². The van der Waals surface area contributed by atoms with Gasteiger partial charge in [0, 0.05) is 0 Å². The zero-order valence-corrected chi connectivity index (χ0v) is 21.8. The van der Waals surface area contributed by atoms with Crippen LogP contribution in [-0.2, 0) is 0 Å². The van der Waals surface area contributed by atoms with Crippen LogP contribution >= 0.6 is 0 Å². The molecule has 0 spiro atoms. The van der Waals surface area contributed by atoms with E-state index in [2.05, 4.69) is 22.9 Å². The van der Waals surface area contributed by atoms with Gasteiger partial charge in [0.1, 0.15) is 0 Å². The molecule has 1 atom stereocenters. The van der Waals surface area contributed by atoms with E-state index in [0.29, 0.717) is 11.1 Å². The van der Waals surface area contributed by atoms with Crippen LogP contribution in [0.25, 0.3) is 10.8 Å². The number of ketones is 2. The monoisotopic (exact) mass is 544 g/mol. The van der Waals surface area contributed by atoms with Crippen molar-refractivity contribution in [1.82, 2.24) is 0 Å². The molecule has 178 valence electrons. The van der Waals surface area contributed by atoms with Crippen molar-refractivity contribution in [2.75, 3.05) is 0 Å². The fourth-order valence-electron chi connectivity index (χ4n) is 4.49. The summed E-state index contributed by atoms with van der Waals surface area (Å²) in [4.78, 5) is 31.5. The third kappa shape index (κ3) is 5.63. The number of benzene rings is 5. The van der Waals surface area contributed by atoms with E-state index in [9.17, 15) is 9.59 Å². The van der Waals surface area contributed by atoms with Crippen LogP contribution in [0.2, 0.25) is 0 Å². The minimum absolute atomic E-state index is 0.111. The van der Waals surface area contributed by atoms with Crippen molar-refractivity contribution in [2.45, 2.75) is 5.92 Å². The Morgan fingerprint density at radius 3 is 1.70 bits per heavy atom. The van der Waals surface area contributed by atoms with E-state index in [1.165, 1.54) is 0 Å². The van der Waals surface area contributed by atoms with E-state index in [1.807, 2.05) is 97.1 Å². The molecule has 0 saturated carbocycles. The van der Waals surface area contributed by atoms with Crippen molar-refractivity contribution in [2.24, 2.45) is 5.92 Å². The van der Waals surface area contributed by atoms with E-state index < -0.39 is 11.8 Å². The number of carbonyl (C=O) groups excluding carboxylic acids is 2. The predicted molar refractivity (Wildman–Crippen MR) is 151 cm³/mol. The van der Waals surface area contributed by atoms with Crippen LogP contribution < -0.4 is 4.46 Å². The zero-order chi connectivity index (χ0) is 25.5. The molecule has 0 amide bonds. The van der Waals surface area contributed by atoms with Gasteiger partial charge in [-0.25, -0.2) is 0 Å². The topological polar surface area (TPSA) is 34.1 Å². The molecule has 1 unspecified atom stereocenters. The molecule has 0 saturated heterocycles. The first-order valence-electron chi connectivity index (χ1n) is 12.1. The number of Topliss-reactive ketones (excluding diaryl/α,β-unsaturated/α-hetero) is 2. The first kappa shape index (κ1) is 24.5. The van der Waals surface area contributed by atoms with Gasteiger partial charge >= 0.3 is 224 Å². The molecule has 0 aliphatic rings. The van der Waals surface area contributed by atoms with E-state index >= 15 is 0 Å². The summed E-state index contributed by atoms with van der Waals surface area (Å²) in [6, 6.07) is 42.3. The van der Waals surface area contributed by atoms with Gasteiger partial charge in [0.05, 0.1) is 0 Å². The molecule has 0 aliphatic carbocycles. The van der Waals surface area contributed by atoms with Crippen LogP contribution in [0.1, 0.15) is 32.2 Å². The summed E-state index contributed by atoms with van der Waals surface area (Å²) >= 11 is -0.111. The number of hydrogen-bond acceptors (Lipinski definition) is 2. The summed E-state index contributed by atoms with van der Waals surface area (Å²) < 4.78 is 1.15. The standard InChI is InChI=1S/C34H24O2Se/c35-33(26-14-4-1-5-15-26)32(34(36)27-16-6-2-7-17-27)31(23-24-37-28-19-8-3-9-20-28)30-22-12-18-25-13-10-11-21-29(25)30/h1-22,31-32H. The van der Waals surface area contributed by atoms with Gasteiger partial charge in [0.2, 0.25) is 0 Å². The molecular formula is C34H24O2Se. The van der Waals surface area contributed by atoms with Gasteiger partial charge < -0.3 is 0 Å². The van der Waals surface area contributed by atoms with Gasteiger partial charge in [-0.2, -0.15) is 0 Å². The second-order valence-electron chi connectivity index (χ2n) is 8.65. The molecule has 0 radical (unpaired) electrons. The number of rotatable bonds is 7. The van der Waals surface area contributed by atoms with Gasteiger partial charge in [-0.15, -0.1) is 0 Å². The molecule has 37 heavy (non-hydrogen) atoms. The Kier molecular flexibility index (Phi) is 7.72. The van der Waals surface area contributed by atoms with Gasteiger partial charge in [0.15, 0.2) is 0 Å². The van der Waals surface area contributed by atoms with E-state index in [4.69, 9.17) is 0 Å². The summed E-state index contributed by atoms with van der Waals surface area (Å²) in [7, 11) is 0. The molecule has 5 aromatic rings. The fraction of sp³-hybridized carbons (Fsp3) is 0.0588. The maximum atomic E-state index is 14.1. The quantitative estimate of drug-likeness (QED) is 0.105. The summed E-state index contributed by atoms with van der Waals surface area (Å²) in [6.07, 6.45) is 0. The number of hydrogen-bond donors (Lipinski definition) is 0. The predicted octanol–water partition coefficient (Wildman–Crippen LogP) is 6.30. The second-order valence-corrected chi connectivity index (χ2v) is 10.5. The molecule has 0 fully saturated rings. The molecule has 0 heterocycles. The van der Waals surface area contributed by atoms with Crippen LogP contribution in [0.3, 0.4) is 0 Å². The second kappa shape index (κ2) is 11.7. The third-order valence-corrected chi connectivity index (χ3v) is 7.83. The van der Waals surface area contributed by atoms with Crippen molar-refractivity contribution in [3.05, 3.63) is 150 Å². The Morgan fingerprint density at radius 2 is 1.08 bits per heavy atom. The van der Waals surface area contributed by atoms with Crippen molar-refractivity contribution in [3.8, 4) is 10.7 Å². The Hall–Kier alpha value is -4.22.